The van der Waals surface area contributed by atoms with Crippen LogP contribution in [0, 0.1) is 5.82 Å². The van der Waals surface area contributed by atoms with E-state index < -0.39 is 23.4 Å². The van der Waals surface area contributed by atoms with Crippen LogP contribution in [0.15, 0.2) is 42.6 Å². The zero-order chi connectivity index (χ0) is 22.6. The Morgan fingerprint density at radius 2 is 2.03 bits per heavy atom. The van der Waals surface area contributed by atoms with Crippen molar-refractivity contribution >= 4 is 17.5 Å². The number of amides is 1. The number of fused-ring (bicyclic) bond motifs is 2. The summed E-state index contributed by atoms with van der Waals surface area (Å²) in [6.45, 7) is -0.0200. The molecule has 1 aromatic heterocycles. The first-order valence-corrected chi connectivity index (χ1v) is 10.2. The topological polar surface area (TPSA) is 95.7 Å². The van der Waals surface area contributed by atoms with Crippen LogP contribution in [-0.4, -0.2) is 31.7 Å². The molecule has 0 saturated carbocycles. The third-order valence-corrected chi connectivity index (χ3v) is 6.34. The van der Waals surface area contributed by atoms with Crippen molar-refractivity contribution in [3.63, 3.8) is 0 Å². The molecule has 0 bridgehead atoms. The van der Waals surface area contributed by atoms with E-state index in [0.29, 0.717) is 28.3 Å². The van der Waals surface area contributed by atoms with E-state index in [2.05, 4.69) is 10.3 Å². The second-order valence-corrected chi connectivity index (χ2v) is 7.91. The Hall–Kier alpha value is -3.36. The molecule has 32 heavy (non-hydrogen) atoms. The van der Waals surface area contributed by atoms with E-state index in [0.717, 1.165) is 0 Å². The number of pyridine rings is 1. The van der Waals surface area contributed by atoms with Gasteiger partial charge in [-0.15, -0.1) is 0 Å². The summed E-state index contributed by atoms with van der Waals surface area (Å²) < 4.78 is 32.5. The number of carbonyl (C=O) groups is 1. The number of nitrogens with zero attached hydrogens (tertiary/aromatic N) is 1. The lowest BCUT2D eigenvalue weighted by atomic mass is 9.82. The van der Waals surface area contributed by atoms with Crippen LogP contribution in [-0.2, 0) is 5.60 Å². The predicted octanol–water partition coefficient (Wildman–Crippen LogP) is 3.59. The number of nitrogens with two attached hydrogens (primary N) is 1. The quantitative estimate of drug-likeness (QED) is 0.624. The highest BCUT2D eigenvalue weighted by molar-refractivity contribution is 6.34. The first kappa shape index (κ1) is 20.5. The van der Waals surface area contributed by atoms with Gasteiger partial charge < -0.3 is 25.3 Å². The molecule has 5 rings (SSSR count). The van der Waals surface area contributed by atoms with Gasteiger partial charge in [0.05, 0.1) is 25.3 Å². The third-order valence-electron chi connectivity index (χ3n) is 6.02. The lowest BCUT2D eigenvalue weighted by molar-refractivity contribution is 0.0530. The van der Waals surface area contributed by atoms with Crippen LogP contribution in [0.4, 0.5) is 4.39 Å². The van der Waals surface area contributed by atoms with Crippen LogP contribution in [0.3, 0.4) is 0 Å². The molecule has 3 heterocycles. The number of hydrogen-bond donors (Lipinski definition) is 2. The van der Waals surface area contributed by atoms with E-state index in [1.54, 1.807) is 30.5 Å². The molecule has 2 aliphatic heterocycles. The molecule has 7 nitrogen and oxygen atoms in total. The van der Waals surface area contributed by atoms with Gasteiger partial charge in [-0.3, -0.25) is 4.79 Å². The maximum atomic E-state index is 15.5. The Kier molecular flexibility index (Phi) is 4.72. The van der Waals surface area contributed by atoms with Gasteiger partial charge in [-0.25, -0.2) is 9.37 Å². The Morgan fingerprint density at radius 3 is 2.75 bits per heavy atom. The molecule has 3 N–H and O–H groups in total. The number of rotatable bonds is 4. The lowest BCUT2D eigenvalue weighted by Gasteiger charge is -2.34. The van der Waals surface area contributed by atoms with Crippen LogP contribution >= 0.6 is 11.6 Å². The number of ether oxygens (including phenoxy) is 3. The number of methoxy groups -OCH3 is 2. The molecule has 9 heteroatoms. The smallest absolute Gasteiger partial charge is 0.252 e. The van der Waals surface area contributed by atoms with Crippen molar-refractivity contribution in [2.75, 3.05) is 20.8 Å². The molecule has 2 aliphatic rings. The van der Waals surface area contributed by atoms with E-state index in [1.165, 1.54) is 26.4 Å². The van der Waals surface area contributed by atoms with Crippen molar-refractivity contribution in [2.45, 2.75) is 11.6 Å². The molecule has 0 unspecified atom stereocenters. The van der Waals surface area contributed by atoms with Crippen LogP contribution < -0.4 is 25.3 Å². The zero-order valence-electron chi connectivity index (χ0n) is 17.2. The minimum absolute atomic E-state index is 0.00148. The molecule has 0 saturated heterocycles. The standard InChI is InChI=1S/C23H19ClFN3O4/c1-30-15-7-5-11-16(19(15)25)17-13(24)6-8-14-18(17)20(28-21(11)29)23(10-26,32-14)12-4-3-9-27-22(12)31-2/h3-9,20H,10,26H2,1-2H3,(H,28,29)/t20-,23+/m0/s1. The average molecular weight is 456 g/mol. The largest absolute Gasteiger partial charge is 0.494 e. The number of nitrogens with one attached hydrogen (secondary N) is 1. The molecule has 0 spiro atoms. The van der Waals surface area contributed by atoms with Gasteiger partial charge >= 0.3 is 0 Å². The normalized spacial score (nSPS) is 20.5. The Labute approximate surface area is 188 Å². The monoisotopic (exact) mass is 455 g/mol. The van der Waals surface area contributed by atoms with Crippen LogP contribution in [0.5, 0.6) is 17.4 Å². The summed E-state index contributed by atoms with van der Waals surface area (Å²) in [7, 11) is 2.85. The van der Waals surface area contributed by atoms with Crippen LogP contribution in [0.25, 0.3) is 11.1 Å². The average Bonchev–Trinajstić information content (AvgIpc) is 3.05. The van der Waals surface area contributed by atoms with Crippen molar-refractivity contribution in [1.29, 1.82) is 0 Å². The van der Waals surface area contributed by atoms with Crippen molar-refractivity contribution < 1.29 is 23.4 Å². The first-order chi connectivity index (χ1) is 15.5. The number of halogens is 2. The maximum Gasteiger partial charge on any atom is 0.252 e. The third kappa shape index (κ3) is 2.63. The van der Waals surface area contributed by atoms with Gasteiger partial charge in [0.25, 0.3) is 5.91 Å². The molecule has 3 aromatic rings. The van der Waals surface area contributed by atoms with E-state index >= 15 is 4.39 Å². The summed E-state index contributed by atoms with van der Waals surface area (Å²) in [6, 6.07) is 8.95. The Balaban J connectivity index is 1.84. The van der Waals surface area contributed by atoms with E-state index in [1.807, 2.05) is 0 Å². The van der Waals surface area contributed by atoms with Gasteiger partial charge in [0.2, 0.25) is 5.88 Å². The van der Waals surface area contributed by atoms with Crippen molar-refractivity contribution in [2.24, 2.45) is 5.73 Å². The van der Waals surface area contributed by atoms with Crippen LogP contribution in [0.1, 0.15) is 27.5 Å². The second kappa shape index (κ2) is 7.36. The molecule has 0 radical (unpaired) electrons. The van der Waals surface area contributed by atoms with Gasteiger partial charge in [-0.2, -0.15) is 0 Å². The summed E-state index contributed by atoms with van der Waals surface area (Å²) in [5, 5.41) is 3.25. The van der Waals surface area contributed by atoms with Crippen molar-refractivity contribution in [3.05, 3.63) is 70.1 Å². The number of benzene rings is 2. The molecular formula is C23H19ClFN3O4. The van der Waals surface area contributed by atoms with Gasteiger partial charge in [0.1, 0.15) is 11.8 Å². The SMILES string of the molecule is COc1ccc2c(c1F)-c1c(Cl)ccc3c1[C@H](NC2=O)[C@@](CN)(c1cccnc1OC)O3. The molecule has 2 aromatic carbocycles. The lowest BCUT2D eigenvalue weighted by Crippen LogP contribution is -2.49. The Bertz CT molecular complexity index is 1270. The second-order valence-electron chi connectivity index (χ2n) is 7.50. The van der Waals surface area contributed by atoms with Gasteiger partial charge in [-0.1, -0.05) is 11.6 Å². The zero-order valence-corrected chi connectivity index (χ0v) is 18.0. The molecule has 164 valence electrons. The molecule has 0 fully saturated rings. The summed E-state index contributed by atoms with van der Waals surface area (Å²) in [5.74, 6) is -0.429. The fourth-order valence-corrected chi connectivity index (χ4v) is 4.85. The molecular weight excluding hydrogens is 437 g/mol. The summed E-state index contributed by atoms with van der Waals surface area (Å²) >= 11 is 6.59. The van der Waals surface area contributed by atoms with Crippen molar-refractivity contribution in [1.82, 2.24) is 10.3 Å². The summed E-state index contributed by atoms with van der Waals surface area (Å²) in [5.41, 5.74) is 6.66. The summed E-state index contributed by atoms with van der Waals surface area (Å²) in [6.07, 6.45) is 1.58. The van der Waals surface area contributed by atoms with Crippen LogP contribution in [0.2, 0.25) is 5.02 Å². The van der Waals surface area contributed by atoms with E-state index in [-0.39, 0.29) is 28.4 Å². The fraction of sp³-hybridized carbons (Fsp3) is 0.217. The number of carbonyl (C=O) groups excluding carboxylic acids is 1. The minimum Gasteiger partial charge on any atom is -0.494 e. The highest BCUT2D eigenvalue weighted by Gasteiger charge is 2.54. The first-order valence-electron chi connectivity index (χ1n) is 9.85. The number of aromatic nitrogens is 1. The summed E-state index contributed by atoms with van der Waals surface area (Å²) in [4.78, 5) is 17.6. The van der Waals surface area contributed by atoms with Gasteiger partial charge in [0.15, 0.2) is 17.2 Å². The highest BCUT2D eigenvalue weighted by atomic mass is 35.5. The van der Waals surface area contributed by atoms with E-state index in [4.69, 9.17) is 31.5 Å². The number of hydrogen-bond acceptors (Lipinski definition) is 6. The molecule has 1 amide bonds. The maximum absolute atomic E-state index is 15.5. The highest BCUT2D eigenvalue weighted by Crippen LogP contribution is 2.57. The molecule has 2 atom stereocenters. The van der Waals surface area contributed by atoms with Gasteiger partial charge in [0, 0.05) is 34.5 Å². The minimum atomic E-state index is -1.25. The Morgan fingerprint density at radius 1 is 1.22 bits per heavy atom. The molecule has 0 aliphatic carbocycles. The van der Waals surface area contributed by atoms with Crippen molar-refractivity contribution in [3.8, 4) is 28.5 Å². The van der Waals surface area contributed by atoms with E-state index in [9.17, 15) is 4.79 Å². The fourth-order valence-electron chi connectivity index (χ4n) is 4.59. The van der Waals surface area contributed by atoms with Gasteiger partial charge in [-0.05, 0) is 36.4 Å². The predicted molar refractivity (Wildman–Crippen MR) is 116 cm³/mol.